The highest BCUT2D eigenvalue weighted by Crippen LogP contribution is 2.24. The zero-order valence-electron chi connectivity index (χ0n) is 14.4. The fourth-order valence-corrected chi connectivity index (χ4v) is 2.84. The van der Waals surface area contributed by atoms with E-state index in [9.17, 15) is 9.59 Å². The van der Waals surface area contributed by atoms with E-state index in [1.54, 1.807) is 11.0 Å². The monoisotopic (exact) mass is 319 g/mol. The van der Waals surface area contributed by atoms with Crippen molar-refractivity contribution >= 4 is 23.3 Å². The number of carbonyl (C=O) groups excluding carboxylic acids is 2. The van der Waals surface area contributed by atoms with Gasteiger partial charge in [-0.25, -0.2) is 4.79 Å². The lowest BCUT2D eigenvalue weighted by molar-refractivity contribution is -0.116. The van der Waals surface area contributed by atoms with Crippen molar-refractivity contribution in [2.45, 2.75) is 46.3 Å². The van der Waals surface area contributed by atoms with Crippen molar-refractivity contribution in [3.05, 3.63) is 23.8 Å². The number of urea groups is 1. The summed E-state index contributed by atoms with van der Waals surface area (Å²) in [5.74, 6) is -0.144. The Balaban J connectivity index is 2.12. The number of morpholine rings is 1. The minimum absolute atomic E-state index is 0.00342. The predicted octanol–water partition coefficient (Wildman–Crippen LogP) is 2.98. The number of aryl methyl sites for hydroxylation is 1. The molecule has 1 fully saturated rings. The summed E-state index contributed by atoms with van der Waals surface area (Å²) in [5.41, 5.74) is 1.93. The normalized spacial score (nSPS) is 20.0. The maximum atomic E-state index is 12.6. The van der Waals surface area contributed by atoms with Crippen molar-refractivity contribution in [2.24, 2.45) is 0 Å². The third kappa shape index (κ3) is 4.69. The molecule has 0 spiro atoms. The number of hydrogen-bond acceptors (Lipinski definition) is 3. The number of anilines is 2. The number of hydrogen-bond donors (Lipinski definition) is 2. The van der Waals surface area contributed by atoms with Gasteiger partial charge < -0.3 is 20.3 Å². The molecule has 6 nitrogen and oxygen atoms in total. The first-order valence-electron chi connectivity index (χ1n) is 7.78. The Kier molecular flexibility index (Phi) is 4.94. The van der Waals surface area contributed by atoms with E-state index in [1.165, 1.54) is 6.92 Å². The molecule has 1 aliphatic heterocycles. The average Bonchev–Trinajstić information content (AvgIpc) is 2.39. The van der Waals surface area contributed by atoms with Crippen molar-refractivity contribution < 1.29 is 14.3 Å². The molecule has 3 amide bonds. The van der Waals surface area contributed by atoms with Crippen molar-refractivity contribution in [3.63, 3.8) is 0 Å². The van der Waals surface area contributed by atoms with Crippen molar-refractivity contribution in [3.8, 4) is 0 Å². The van der Waals surface area contributed by atoms with Crippen LogP contribution in [0.25, 0.3) is 0 Å². The van der Waals surface area contributed by atoms with Gasteiger partial charge in [-0.15, -0.1) is 0 Å². The van der Waals surface area contributed by atoms with Crippen LogP contribution in [0.3, 0.4) is 0 Å². The van der Waals surface area contributed by atoms with Gasteiger partial charge in [0.1, 0.15) is 0 Å². The van der Waals surface area contributed by atoms with Crippen LogP contribution in [-0.4, -0.2) is 41.6 Å². The zero-order valence-corrected chi connectivity index (χ0v) is 14.4. The fraction of sp³-hybridized carbons (Fsp3) is 0.529. The Hall–Kier alpha value is -2.08. The van der Waals surface area contributed by atoms with Crippen molar-refractivity contribution in [1.82, 2.24) is 4.90 Å². The summed E-state index contributed by atoms with van der Waals surface area (Å²) in [7, 11) is 0. The first-order valence-corrected chi connectivity index (χ1v) is 7.78. The summed E-state index contributed by atoms with van der Waals surface area (Å²) in [5, 5.41) is 5.65. The Morgan fingerprint density at radius 2 is 2.00 bits per heavy atom. The summed E-state index contributed by atoms with van der Waals surface area (Å²) in [6.07, 6.45) is -0.00342. The third-order valence-corrected chi connectivity index (χ3v) is 3.66. The molecule has 1 atom stereocenters. The highest BCUT2D eigenvalue weighted by molar-refractivity contribution is 5.93. The van der Waals surface area contributed by atoms with Gasteiger partial charge in [0.05, 0.1) is 18.2 Å². The summed E-state index contributed by atoms with van der Waals surface area (Å²) < 4.78 is 5.82. The standard InChI is InChI=1S/C17H25N3O3/c1-11-6-7-14(18-13(3)21)8-15(11)19-16(22)20-9-12(2)23-17(4,5)10-20/h6-8,12H,9-10H2,1-5H3,(H,18,21)(H,19,22). The molecule has 0 saturated carbocycles. The van der Waals surface area contributed by atoms with E-state index in [-0.39, 0.29) is 23.6 Å². The van der Waals surface area contributed by atoms with Crippen molar-refractivity contribution in [1.29, 1.82) is 0 Å². The van der Waals surface area contributed by atoms with Crippen LogP contribution in [0.1, 0.15) is 33.3 Å². The number of nitrogens with zero attached hydrogens (tertiary/aromatic N) is 1. The smallest absolute Gasteiger partial charge is 0.322 e. The summed E-state index contributed by atoms with van der Waals surface area (Å²) in [4.78, 5) is 25.5. The molecular formula is C17H25N3O3. The zero-order chi connectivity index (χ0) is 17.2. The lowest BCUT2D eigenvalue weighted by Gasteiger charge is -2.41. The summed E-state index contributed by atoms with van der Waals surface area (Å²) in [6.45, 7) is 10.4. The minimum Gasteiger partial charge on any atom is -0.369 e. The maximum absolute atomic E-state index is 12.6. The fourth-order valence-electron chi connectivity index (χ4n) is 2.84. The van der Waals surface area contributed by atoms with E-state index in [1.807, 2.05) is 39.8 Å². The molecule has 0 radical (unpaired) electrons. The lowest BCUT2D eigenvalue weighted by atomic mass is 10.1. The molecule has 1 saturated heterocycles. The number of rotatable bonds is 2. The van der Waals surface area contributed by atoms with Gasteiger partial charge in [0.25, 0.3) is 0 Å². The molecule has 1 aromatic rings. The average molecular weight is 319 g/mol. The first kappa shape index (κ1) is 17.3. The number of benzene rings is 1. The number of ether oxygens (including phenoxy) is 1. The van der Waals surface area contributed by atoms with E-state index < -0.39 is 0 Å². The second-order valence-electron chi connectivity index (χ2n) is 6.71. The van der Waals surface area contributed by atoms with Gasteiger partial charge >= 0.3 is 6.03 Å². The molecule has 2 rings (SSSR count). The molecule has 1 unspecified atom stereocenters. The SMILES string of the molecule is CC(=O)Nc1ccc(C)c(NC(=O)N2CC(C)OC(C)(C)C2)c1. The van der Waals surface area contributed by atoms with Crippen LogP contribution in [0.15, 0.2) is 18.2 Å². The number of amides is 3. The molecule has 23 heavy (non-hydrogen) atoms. The van der Waals surface area contributed by atoms with Crippen LogP contribution in [0.4, 0.5) is 16.2 Å². The molecule has 0 aromatic heterocycles. The van der Waals surface area contributed by atoms with Crippen LogP contribution in [0.5, 0.6) is 0 Å². The topological polar surface area (TPSA) is 70.7 Å². The molecule has 1 aromatic carbocycles. The van der Waals surface area contributed by atoms with Gasteiger partial charge in [-0.1, -0.05) is 6.07 Å². The number of nitrogens with one attached hydrogen (secondary N) is 2. The van der Waals surface area contributed by atoms with Gasteiger partial charge in [0.15, 0.2) is 0 Å². The van der Waals surface area contributed by atoms with Crippen LogP contribution < -0.4 is 10.6 Å². The van der Waals surface area contributed by atoms with E-state index in [2.05, 4.69) is 10.6 Å². The van der Waals surface area contributed by atoms with Gasteiger partial charge in [-0.2, -0.15) is 0 Å². The lowest BCUT2D eigenvalue weighted by Crippen LogP contribution is -2.54. The molecule has 0 aliphatic carbocycles. The molecule has 1 heterocycles. The molecule has 126 valence electrons. The van der Waals surface area contributed by atoms with E-state index >= 15 is 0 Å². The van der Waals surface area contributed by atoms with Gasteiger partial charge in [0.2, 0.25) is 5.91 Å². The van der Waals surface area contributed by atoms with Crippen LogP contribution >= 0.6 is 0 Å². The summed E-state index contributed by atoms with van der Waals surface area (Å²) >= 11 is 0. The Morgan fingerprint density at radius 3 is 2.61 bits per heavy atom. The predicted molar refractivity (Wildman–Crippen MR) is 90.7 cm³/mol. The minimum atomic E-state index is -0.359. The second kappa shape index (κ2) is 6.58. The Morgan fingerprint density at radius 1 is 1.30 bits per heavy atom. The quantitative estimate of drug-likeness (QED) is 0.880. The van der Waals surface area contributed by atoms with E-state index in [0.717, 1.165) is 5.56 Å². The van der Waals surface area contributed by atoms with E-state index in [4.69, 9.17) is 4.74 Å². The molecule has 6 heteroatoms. The van der Waals surface area contributed by atoms with E-state index in [0.29, 0.717) is 24.5 Å². The highest BCUT2D eigenvalue weighted by Gasteiger charge is 2.33. The van der Waals surface area contributed by atoms with Gasteiger partial charge in [-0.3, -0.25) is 4.79 Å². The Labute approximate surface area is 137 Å². The maximum Gasteiger partial charge on any atom is 0.322 e. The molecule has 0 bridgehead atoms. The second-order valence-corrected chi connectivity index (χ2v) is 6.71. The Bertz CT molecular complexity index is 613. The molecule has 2 N–H and O–H groups in total. The van der Waals surface area contributed by atoms with Gasteiger partial charge in [0, 0.05) is 24.8 Å². The van der Waals surface area contributed by atoms with Gasteiger partial charge in [-0.05, 0) is 45.4 Å². The highest BCUT2D eigenvalue weighted by atomic mass is 16.5. The van der Waals surface area contributed by atoms with Crippen LogP contribution in [0, 0.1) is 6.92 Å². The summed E-state index contributed by atoms with van der Waals surface area (Å²) in [6, 6.07) is 5.29. The van der Waals surface area contributed by atoms with Crippen LogP contribution in [-0.2, 0) is 9.53 Å². The van der Waals surface area contributed by atoms with Crippen LogP contribution in [0.2, 0.25) is 0 Å². The largest absolute Gasteiger partial charge is 0.369 e. The molecular weight excluding hydrogens is 294 g/mol. The van der Waals surface area contributed by atoms with Crippen molar-refractivity contribution in [2.75, 3.05) is 23.7 Å². The third-order valence-electron chi connectivity index (χ3n) is 3.66. The number of carbonyl (C=O) groups is 2. The first-order chi connectivity index (χ1) is 10.7. The molecule has 1 aliphatic rings.